The predicted octanol–water partition coefficient (Wildman–Crippen LogP) is 8.91. The van der Waals surface area contributed by atoms with E-state index in [1.165, 1.54) is 38.5 Å². The summed E-state index contributed by atoms with van der Waals surface area (Å²) < 4.78 is 0. The Kier molecular flexibility index (Phi) is 11.4. The van der Waals surface area contributed by atoms with Crippen LogP contribution in [0.3, 0.4) is 0 Å². The van der Waals surface area contributed by atoms with Gasteiger partial charge in [0, 0.05) is 46.4 Å². The molecule has 1 fully saturated rings. The molecule has 2 aromatic heterocycles. The Morgan fingerprint density at radius 1 is 0.914 bits per heavy atom. The van der Waals surface area contributed by atoms with Crippen molar-refractivity contribution in [1.29, 1.82) is 0 Å². The number of aromatic nitrogens is 3. The molecule has 0 atom stereocenters. The van der Waals surface area contributed by atoms with E-state index in [1.54, 1.807) is 25.5 Å². The molecule has 0 unspecified atom stereocenters. The van der Waals surface area contributed by atoms with Crippen LogP contribution in [0.1, 0.15) is 141 Å². The highest BCUT2D eigenvalue weighted by molar-refractivity contribution is 5.97. The first-order valence-corrected chi connectivity index (χ1v) is 13.4. The van der Waals surface area contributed by atoms with Gasteiger partial charge in [-0.3, -0.25) is 14.8 Å². The van der Waals surface area contributed by atoms with Crippen LogP contribution >= 0.6 is 0 Å². The number of hydrogen-bond acceptors (Lipinski definition) is 3. The maximum Gasteiger partial charge on any atom is 0.161 e. The summed E-state index contributed by atoms with van der Waals surface area (Å²) in [5, 5.41) is 0. The highest BCUT2D eigenvalue weighted by atomic mass is 16.1. The van der Waals surface area contributed by atoms with Crippen LogP contribution in [0.15, 0.2) is 18.6 Å². The molecular weight excluding hydrogens is 430 g/mol. The number of carbonyl (C=O) groups excluding carboxylic acids is 1. The zero-order valence-corrected chi connectivity index (χ0v) is 24.9. The number of hydrogen-bond donors (Lipinski definition) is 1. The maximum absolute atomic E-state index is 11.5. The second-order valence-corrected chi connectivity index (χ2v) is 13.5. The largest absolute Gasteiger partial charge is 0.361 e. The molecule has 3 rings (SSSR count). The van der Waals surface area contributed by atoms with Crippen LogP contribution in [0.5, 0.6) is 0 Å². The van der Waals surface area contributed by atoms with Crippen LogP contribution in [0.25, 0.3) is 0 Å². The van der Waals surface area contributed by atoms with Gasteiger partial charge in [0.1, 0.15) is 0 Å². The van der Waals surface area contributed by atoms with Crippen LogP contribution in [-0.2, 0) is 10.8 Å². The molecule has 1 saturated carbocycles. The van der Waals surface area contributed by atoms with Crippen molar-refractivity contribution in [3.8, 4) is 0 Å². The van der Waals surface area contributed by atoms with Gasteiger partial charge in [-0.1, -0.05) is 94.4 Å². The first-order chi connectivity index (χ1) is 15.9. The van der Waals surface area contributed by atoms with Gasteiger partial charge in [-0.25, -0.2) is 0 Å². The molecule has 0 aromatic carbocycles. The minimum atomic E-state index is 0.0000231. The Bertz CT molecular complexity index is 900. The summed E-state index contributed by atoms with van der Waals surface area (Å²) in [5.41, 5.74) is 5.82. The lowest BCUT2D eigenvalue weighted by Gasteiger charge is -2.28. The van der Waals surface area contributed by atoms with Crippen molar-refractivity contribution in [2.24, 2.45) is 11.3 Å². The molecule has 2 heterocycles. The summed E-state index contributed by atoms with van der Waals surface area (Å²) in [6.45, 7) is 25.4. The number of aryl methyl sites for hydroxylation is 1. The molecule has 35 heavy (non-hydrogen) atoms. The number of ketones is 1. The Hall–Kier alpha value is -1.97. The van der Waals surface area contributed by atoms with E-state index >= 15 is 0 Å². The fourth-order valence-electron chi connectivity index (χ4n) is 4.67. The van der Waals surface area contributed by atoms with Crippen LogP contribution in [0, 0.1) is 25.2 Å². The normalized spacial score (nSPS) is 15.0. The van der Waals surface area contributed by atoms with E-state index in [4.69, 9.17) is 0 Å². The number of H-pyrrole nitrogens is 1. The van der Waals surface area contributed by atoms with Gasteiger partial charge < -0.3 is 4.98 Å². The smallest absolute Gasteiger partial charge is 0.161 e. The molecule has 1 aliphatic rings. The predicted molar refractivity (Wildman–Crippen MR) is 150 cm³/mol. The number of carbonyl (C=O) groups is 1. The number of aromatic amines is 1. The van der Waals surface area contributed by atoms with Crippen LogP contribution in [0.2, 0.25) is 0 Å². The van der Waals surface area contributed by atoms with Gasteiger partial charge in [-0.15, -0.1) is 0 Å². The minimum absolute atomic E-state index is 0.0000231. The Balaban J connectivity index is 0.000000267. The second-order valence-electron chi connectivity index (χ2n) is 13.5. The highest BCUT2D eigenvalue weighted by Gasteiger charge is 2.25. The summed E-state index contributed by atoms with van der Waals surface area (Å²) >= 11 is 0. The third-order valence-electron chi connectivity index (χ3n) is 6.56. The van der Waals surface area contributed by atoms with E-state index in [2.05, 4.69) is 77.3 Å². The molecule has 0 spiro atoms. The molecule has 1 N–H and O–H groups in total. The quantitative estimate of drug-likeness (QED) is 0.434. The third kappa shape index (κ3) is 11.1. The topological polar surface area (TPSA) is 58.6 Å². The number of rotatable bonds is 2. The molecule has 0 saturated heterocycles. The average Bonchev–Trinajstić information content (AvgIpc) is 3.04. The van der Waals surface area contributed by atoms with Gasteiger partial charge >= 0.3 is 0 Å². The van der Waals surface area contributed by atoms with Gasteiger partial charge in [-0.05, 0) is 44.1 Å². The minimum Gasteiger partial charge on any atom is -0.361 e. The van der Waals surface area contributed by atoms with E-state index in [1.807, 2.05) is 13.8 Å². The first kappa shape index (κ1) is 31.1. The Morgan fingerprint density at radius 2 is 1.49 bits per heavy atom. The average molecular weight is 484 g/mol. The molecule has 0 bridgehead atoms. The zero-order chi connectivity index (χ0) is 27.0. The van der Waals surface area contributed by atoms with Crippen molar-refractivity contribution < 1.29 is 4.79 Å². The lowest BCUT2D eigenvalue weighted by atomic mass is 9.78. The lowest BCUT2D eigenvalue weighted by molar-refractivity contribution is 0.101. The van der Waals surface area contributed by atoms with Gasteiger partial charge in [0.15, 0.2) is 5.78 Å². The standard InChI is InChI=1S/C12H19NO.C11H22.C8H12N2/c1-7-8(2)13-11(12(4,5)6)10(7)9(3)14;1-11(2,3)9-10-7-5-4-6-8-10;1-8(2,3)7-6-9-4-5-10-7/h13H,1-6H3;10H,4-9H2,1-3H3;4-6H,1-3H3. The van der Waals surface area contributed by atoms with Crippen molar-refractivity contribution in [3.05, 3.63) is 46.8 Å². The van der Waals surface area contributed by atoms with E-state index in [0.717, 1.165) is 34.1 Å². The molecule has 4 heteroatoms. The van der Waals surface area contributed by atoms with E-state index in [-0.39, 0.29) is 16.6 Å². The second kappa shape index (κ2) is 12.8. The molecule has 2 aromatic rings. The lowest BCUT2D eigenvalue weighted by Crippen LogP contribution is -2.16. The van der Waals surface area contributed by atoms with E-state index in [0.29, 0.717) is 5.41 Å². The number of Topliss-reactive ketones (excluding diaryl/α,β-unsaturated/α-hetero) is 1. The SMILES string of the molecule is CC(=O)c1c(C(C)(C)C)[nH]c(C)c1C.CC(C)(C)CC1CCCCC1.CC(C)(C)c1cnccn1. The number of nitrogens with one attached hydrogen (secondary N) is 1. The van der Waals surface area contributed by atoms with Gasteiger partial charge in [-0.2, -0.15) is 0 Å². The van der Waals surface area contributed by atoms with Crippen molar-refractivity contribution in [2.45, 2.75) is 132 Å². The van der Waals surface area contributed by atoms with Gasteiger partial charge in [0.25, 0.3) is 0 Å². The number of nitrogens with zero attached hydrogens (tertiary/aromatic N) is 2. The van der Waals surface area contributed by atoms with Gasteiger partial charge in [0.05, 0.1) is 5.69 Å². The highest BCUT2D eigenvalue weighted by Crippen LogP contribution is 2.34. The molecule has 198 valence electrons. The summed E-state index contributed by atoms with van der Waals surface area (Å²) in [6, 6.07) is 0. The Morgan fingerprint density at radius 3 is 1.83 bits per heavy atom. The Labute approximate surface area is 216 Å². The third-order valence-corrected chi connectivity index (χ3v) is 6.56. The van der Waals surface area contributed by atoms with E-state index < -0.39 is 0 Å². The summed E-state index contributed by atoms with van der Waals surface area (Å²) in [7, 11) is 0. The molecule has 4 nitrogen and oxygen atoms in total. The van der Waals surface area contributed by atoms with Crippen molar-refractivity contribution in [2.75, 3.05) is 0 Å². The monoisotopic (exact) mass is 483 g/mol. The van der Waals surface area contributed by atoms with Crippen LogP contribution in [-0.4, -0.2) is 20.7 Å². The van der Waals surface area contributed by atoms with Gasteiger partial charge in [0.2, 0.25) is 0 Å². The zero-order valence-electron chi connectivity index (χ0n) is 24.9. The fraction of sp³-hybridized carbons (Fsp3) is 0.710. The maximum atomic E-state index is 11.5. The van der Waals surface area contributed by atoms with Crippen LogP contribution < -0.4 is 0 Å². The molecule has 0 amide bonds. The van der Waals surface area contributed by atoms with Crippen molar-refractivity contribution in [3.63, 3.8) is 0 Å². The van der Waals surface area contributed by atoms with E-state index in [9.17, 15) is 4.79 Å². The summed E-state index contributed by atoms with van der Waals surface area (Å²) in [5.74, 6) is 1.19. The summed E-state index contributed by atoms with van der Waals surface area (Å²) in [4.78, 5) is 23.0. The first-order valence-electron chi connectivity index (χ1n) is 13.4. The fourth-order valence-corrected chi connectivity index (χ4v) is 4.67. The summed E-state index contributed by atoms with van der Waals surface area (Å²) in [6.07, 6.45) is 14.1. The molecule has 1 aliphatic carbocycles. The molecular formula is C31H53N3O. The van der Waals surface area contributed by atoms with Crippen molar-refractivity contribution >= 4 is 5.78 Å². The van der Waals surface area contributed by atoms with Crippen LogP contribution in [0.4, 0.5) is 0 Å². The van der Waals surface area contributed by atoms with Crippen molar-refractivity contribution in [1.82, 2.24) is 15.0 Å². The molecule has 0 aliphatic heterocycles. The molecule has 0 radical (unpaired) electrons.